The molecule has 0 bridgehead atoms. The van der Waals surface area contributed by atoms with Gasteiger partial charge in [0.05, 0.1) is 17.0 Å². The molecule has 0 unspecified atom stereocenters. The Bertz CT molecular complexity index is 1280. The van der Waals surface area contributed by atoms with E-state index in [4.69, 9.17) is 0 Å². The van der Waals surface area contributed by atoms with Gasteiger partial charge in [-0.1, -0.05) is 19.1 Å². The number of carbonyl (C=O) groups is 1. The maximum absolute atomic E-state index is 15.1. The number of anilines is 1. The van der Waals surface area contributed by atoms with Crippen molar-refractivity contribution in [3.8, 4) is 11.1 Å². The van der Waals surface area contributed by atoms with Gasteiger partial charge in [-0.25, -0.2) is 17.2 Å². The maximum atomic E-state index is 15.1. The lowest BCUT2D eigenvalue weighted by atomic mass is 10.00. The molecule has 6 nitrogen and oxygen atoms in total. The van der Waals surface area contributed by atoms with Crippen LogP contribution in [0.5, 0.6) is 0 Å². The molecule has 1 amide bonds. The van der Waals surface area contributed by atoms with Crippen LogP contribution in [0.25, 0.3) is 21.9 Å². The van der Waals surface area contributed by atoms with E-state index in [2.05, 4.69) is 15.0 Å². The number of nitrogens with one attached hydrogen (secondary N) is 2. The van der Waals surface area contributed by atoms with Crippen molar-refractivity contribution in [3.63, 3.8) is 0 Å². The molecule has 2 N–H and O–H groups in total. The summed E-state index contributed by atoms with van der Waals surface area (Å²) in [5.41, 5.74) is 0.531. The highest BCUT2D eigenvalue weighted by atomic mass is 32.2. The fourth-order valence-corrected chi connectivity index (χ4v) is 4.78. The molecule has 0 aliphatic rings. The monoisotopic (exact) mass is 475 g/mol. The number of rotatable bonds is 9. The van der Waals surface area contributed by atoms with Gasteiger partial charge < -0.3 is 5.32 Å². The molecule has 0 saturated heterocycles. The number of sulfonamides is 1. The molecule has 176 valence electrons. The predicted octanol–water partition coefficient (Wildman–Crippen LogP) is 4.79. The highest BCUT2D eigenvalue weighted by Gasteiger charge is 2.19. The normalized spacial score (nSPS) is 12.5. The Morgan fingerprint density at radius 3 is 2.58 bits per heavy atom. The third kappa shape index (κ3) is 6.25. The smallest absolute Gasteiger partial charge is 0.232 e. The van der Waals surface area contributed by atoms with Crippen LogP contribution >= 0.6 is 0 Å². The van der Waals surface area contributed by atoms with E-state index in [-0.39, 0.29) is 34.5 Å². The molecule has 1 aromatic heterocycles. The van der Waals surface area contributed by atoms with E-state index < -0.39 is 21.7 Å². The van der Waals surface area contributed by atoms with E-state index >= 15 is 4.39 Å². The van der Waals surface area contributed by atoms with Crippen molar-refractivity contribution in [2.24, 2.45) is 0 Å². The second-order valence-corrected chi connectivity index (χ2v) is 9.92. The third-order valence-corrected chi connectivity index (χ3v) is 6.66. The molecule has 1 heterocycles. The number of fused-ring (bicyclic) bond motifs is 1. The van der Waals surface area contributed by atoms with Crippen LogP contribution in [-0.4, -0.2) is 31.1 Å². The molecule has 0 radical (unpaired) electrons. The Morgan fingerprint density at radius 2 is 1.88 bits per heavy atom. The molecule has 1 atom stereocenters. The molecule has 3 rings (SSSR count). The lowest BCUT2D eigenvalue weighted by molar-refractivity contribution is -0.119. The molecular formula is C24H27F2N3O3S. The molecule has 0 fully saturated rings. The summed E-state index contributed by atoms with van der Waals surface area (Å²) in [4.78, 5) is 15.6. The number of benzene rings is 2. The zero-order valence-corrected chi connectivity index (χ0v) is 19.6. The second kappa shape index (κ2) is 10.2. The van der Waals surface area contributed by atoms with Crippen molar-refractivity contribution in [1.29, 1.82) is 0 Å². The van der Waals surface area contributed by atoms with E-state index in [9.17, 15) is 17.6 Å². The van der Waals surface area contributed by atoms with Gasteiger partial charge in [0.15, 0.2) is 5.82 Å². The van der Waals surface area contributed by atoms with E-state index in [0.29, 0.717) is 18.2 Å². The number of pyridine rings is 1. The summed E-state index contributed by atoms with van der Waals surface area (Å²) in [5.74, 6) is -2.00. The first kappa shape index (κ1) is 24.6. The Balaban J connectivity index is 1.88. The first-order valence-corrected chi connectivity index (χ1v) is 12.4. The minimum absolute atomic E-state index is 0.0235. The quantitative estimate of drug-likeness (QED) is 0.466. The predicted molar refractivity (Wildman–Crippen MR) is 126 cm³/mol. The van der Waals surface area contributed by atoms with E-state index in [0.717, 1.165) is 29.6 Å². The van der Waals surface area contributed by atoms with Crippen molar-refractivity contribution < 1.29 is 22.0 Å². The average Bonchev–Trinajstić information content (AvgIpc) is 2.73. The first-order chi connectivity index (χ1) is 15.6. The SMILES string of the molecule is CCCS(=O)(=O)Nc1ccc(F)c(-c2ccc3cc(CC[C@H](C)NC(C)=O)ncc3c2)c1F. The minimum atomic E-state index is -3.72. The average molecular weight is 476 g/mol. The van der Waals surface area contributed by atoms with Gasteiger partial charge in [0.1, 0.15) is 5.82 Å². The topological polar surface area (TPSA) is 88.2 Å². The number of halogens is 2. The Morgan fingerprint density at radius 1 is 1.12 bits per heavy atom. The summed E-state index contributed by atoms with van der Waals surface area (Å²) < 4.78 is 55.9. The van der Waals surface area contributed by atoms with Gasteiger partial charge in [0.2, 0.25) is 15.9 Å². The Labute approximate surface area is 192 Å². The highest BCUT2D eigenvalue weighted by molar-refractivity contribution is 7.92. The summed E-state index contributed by atoms with van der Waals surface area (Å²) in [7, 11) is -3.72. The zero-order valence-electron chi connectivity index (χ0n) is 18.8. The lowest BCUT2D eigenvalue weighted by Gasteiger charge is -2.13. The van der Waals surface area contributed by atoms with Crippen LogP contribution in [0.15, 0.2) is 42.6 Å². The van der Waals surface area contributed by atoms with Gasteiger partial charge in [-0.3, -0.25) is 14.5 Å². The number of hydrogen-bond acceptors (Lipinski definition) is 4. The summed E-state index contributed by atoms with van der Waals surface area (Å²) in [5, 5.41) is 4.39. The fraction of sp³-hybridized carbons (Fsp3) is 0.333. The van der Waals surface area contributed by atoms with E-state index in [1.807, 2.05) is 13.0 Å². The van der Waals surface area contributed by atoms with Gasteiger partial charge in [-0.2, -0.15) is 0 Å². The van der Waals surface area contributed by atoms with E-state index in [1.165, 1.54) is 6.92 Å². The number of carbonyl (C=O) groups excluding carboxylic acids is 1. The molecule has 2 aromatic carbocycles. The highest BCUT2D eigenvalue weighted by Crippen LogP contribution is 2.33. The van der Waals surface area contributed by atoms with Gasteiger partial charge in [0, 0.05) is 30.2 Å². The molecule has 0 spiro atoms. The fourth-order valence-electron chi connectivity index (χ4n) is 3.65. The molecule has 3 aromatic rings. The summed E-state index contributed by atoms with van der Waals surface area (Å²) in [6.07, 6.45) is 3.41. The van der Waals surface area contributed by atoms with Crippen LogP contribution < -0.4 is 10.0 Å². The van der Waals surface area contributed by atoms with E-state index in [1.54, 1.807) is 31.3 Å². The molecule has 0 aliphatic carbocycles. The molecular weight excluding hydrogens is 448 g/mol. The number of nitrogens with zero attached hydrogens (tertiary/aromatic N) is 1. The Hall–Kier alpha value is -3.07. The molecule has 0 aliphatic heterocycles. The number of aryl methyl sites for hydroxylation is 1. The van der Waals surface area contributed by atoms with Crippen LogP contribution in [-0.2, 0) is 21.2 Å². The van der Waals surface area contributed by atoms with Gasteiger partial charge >= 0.3 is 0 Å². The largest absolute Gasteiger partial charge is 0.354 e. The summed E-state index contributed by atoms with van der Waals surface area (Å²) >= 11 is 0. The first-order valence-electron chi connectivity index (χ1n) is 10.7. The van der Waals surface area contributed by atoms with Crippen LogP contribution in [0.3, 0.4) is 0 Å². The molecule has 9 heteroatoms. The van der Waals surface area contributed by atoms with Crippen molar-refractivity contribution in [1.82, 2.24) is 10.3 Å². The van der Waals surface area contributed by atoms with Gasteiger partial charge in [-0.05, 0) is 61.4 Å². The standard InChI is InChI=1S/C24H27F2N3O3S/c1-4-11-33(31,32)29-22-10-9-21(25)23(24(22)26)18-7-6-17-13-20(27-14-19(17)12-18)8-5-15(2)28-16(3)30/h6-7,9-10,12-15,29H,4-5,8,11H2,1-3H3,(H,28,30)/t15-/m0/s1. The van der Waals surface area contributed by atoms with Crippen molar-refractivity contribution >= 4 is 32.4 Å². The molecule has 33 heavy (non-hydrogen) atoms. The lowest BCUT2D eigenvalue weighted by Crippen LogP contribution is -2.30. The number of aromatic nitrogens is 1. The van der Waals surface area contributed by atoms with Crippen molar-refractivity contribution in [2.75, 3.05) is 10.5 Å². The number of hydrogen-bond donors (Lipinski definition) is 2. The van der Waals surface area contributed by atoms with Crippen LogP contribution in [0.4, 0.5) is 14.5 Å². The summed E-state index contributed by atoms with van der Waals surface area (Å²) in [6, 6.07) is 9.02. The van der Waals surface area contributed by atoms with Crippen LogP contribution in [0.1, 0.15) is 39.3 Å². The summed E-state index contributed by atoms with van der Waals surface area (Å²) in [6.45, 7) is 5.10. The van der Waals surface area contributed by atoms with Crippen molar-refractivity contribution in [2.45, 2.75) is 46.1 Å². The second-order valence-electron chi connectivity index (χ2n) is 8.08. The van der Waals surface area contributed by atoms with Crippen LogP contribution in [0, 0.1) is 11.6 Å². The minimum Gasteiger partial charge on any atom is -0.354 e. The maximum Gasteiger partial charge on any atom is 0.232 e. The van der Waals surface area contributed by atoms with Crippen molar-refractivity contribution in [3.05, 3.63) is 59.9 Å². The zero-order chi connectivity index (χ0) is 24.2. The van der Waals surface area contributed by atoms with Gasteiger partial charge in [0.25, 0.3) is 0 Å². The Kier molecular flexibility index (Phi) is 7.63. The number of amides is 1. The third-order valence-electron chi connectivity index (χ3n) is 5.18. The van der Waals surface area contributed by atoms with Crippen LogP contribution in [0.2, 0.25) is 0 Å². The van der Waals surface area contributed by atoms with Gasteiger partial charge in [-0.15, -0.1) is 0 Å². The molecule has 0 saturated carbocycles.